The van der Waals surface area contributed by atoms with Gasteiger partial charge in [0.2, 0.25) is 11.8 Å². The van der Waals surface area contributed by atoms with Crippen molar-refractivity contribution in [3.8, 4) is 17.2 Å². The highest BCUT2D eigenvalue weighted by atomic mass is 127. The van der Waals surface area contributed by atoms with Crippen LogP contribution in [-0.4, -0.2) is 65.9 Å². The van der Waals surface area contributed by atoms with Crippen molar-refractivity contribution >= 4 is 46.5 Å². The number of carbonyl (C=O) groups is 3. The third-order valence-corrected chi connectivity index (χ3v) is 9.83. The number of allylic oxidation sites excluding steroid dienone is 1. The Morgan fingerprint density at radius 3 is 2.60 bits per heavy atom. The van der Waals surface area contributed by atoms with Crippen LogP contribution in [0.3, 0.4) is 0 Å². The molecule has 2 aromatic rings. The Balaban J connectivity index is 1.33. The number of unbranched alkanes of at least 4 members (excludes halogenated alkanes) is 2. The lowest BCUT2D eigenvalue weighted by Crippen LogP contribution is -2.35. The first-order valence-electron chi connectivity index (χ1n) is 15.5. The first-order chi connectivity index (χ1) is 21.7. The number of para-hydroxylation sites is 1. The van der Waals surface area contributed by atoms with Gasteiger partial charge in [-0.2, -0.15) is 0 Å². The number of amides is 2. The second kappa shape index (κ2) is 14.8. The van der Waals surface area contributed by atoms with Gasteiger partial charge in [-0.3, -0.25) is 19.3 Å². The topological polar surface area (TPSA) is 123 Å². The van der Waals surface area contributed by atoms with Gasteiger partial charge in [-0.25, -0.2) is 0 Å². The molecule has 2 aromatic carbocycles. The van der Waals surface area contributed by atoms with Crippen LogP contribution in [0.15, 0.2) is 59.2 Å². The highest BCUT2D eigenvalue weighted by molar-refractivity contribution is 14.1. The van der Waals surface area contributed by atoms with Crippen LogP contribution in [0.25, 0.3) is 6.08 Å². The van der Waals surface area contributed by atoms with Crippen molar-refractivity contribution in [1.82, 2.24) is 4.90 Å². The van der Waals surface area contributed by atoms with E-state index in [1.165, 1.54) is 12.0 Å². The van der Waals surface area contributed by atoms with Crippen molar-refractivity contribution in [2.75, 3.05) is 26.9 Å². The molecule has 2 saturated heterocycles. The first kappa shape index (κ1) is 33.0. The molecule has 0 bridgehead atoms. The minimum atomic E-state index is -0.838. The molecule has 45 heavy (non-hydrogen) atoms. The summed E-state index contributed by atoms with van der Waals surface area (Å²) in [6, 6.07) is 13.3. The molecule has 0 unspecified atom stereocenters. The van der Waals surface area contributed by atoms with E-state index in [9.17, 15) is 19.5 Å². The summed E-state index contributed by atoms with van der Waals surface area (Å²) in [4.78, 5) is 39.5. The van der Waals surface area contributed by atoms with Crippen LogP contribution >= 0.6 is 22.6 Å². The smallest absolute Gasteiger partial charge is 0.303 e. The molecule has 2 fully saturated rings. The van der Waals surface area contributed by atoms with Crippen molar-refractivity contribution in [2.24, 2.45) is 17.8 Å². The molecular formula is C35H40INO8. The predicted molar refractivity (Wildman–Crippen MR) is 177 cm³/mol. The van der Waals surface area contributed by atoms with Gasteiger partial charge in [0, 0.05) is 18.9 Å². The number of halogens is 1. The van der Waals surface area contributed by atoms with Gasteiger partial charge in [-0.05, 0) is 103 Å². The molecule has 2 aliphatic heterocycles. The Bertz CT molecular complexity index is 1490. The van der Waals surface area contributed by atoms with Crippen molar-refractivity contribution < 1.29 is 38.8 Å². The number of likely N-dealkylation sites (tertiary alicyclic amines) is 1. The number of ether oxygens (including phenoxy) is 3. The van der Waals surface area contributed by atoms with Gasteiger partial charge in [0.05, 0.1) is 35.2 Å². The molecule has 0 radical (unpaired) electrons. The number of phenols is 1. The first-order valence-corrected chi connectivity index (χ1v) is 16.6. The SMILES string of the molecule is COc1cc(/C=C(\C)CC[C@H]2OC[C@H]3C2=C(COc2ccccc2)C[C@H]2C(=O)N(CCCCCC(=O)O)C(=O)[C@H]23)cc(I)c1O. The second-order valence-corrected chi connectivity index (χ2v) is 13.2. The van der Waals surface area contributed by atoms with Crippen LogP contribution in [0.1, 0.15) is 57.4 Å². The van der Waals surface area contributed by atoms with E-state index in [2.05, 4.69) is 35.6 Å². The third-order valence-electron chi connectivity index (χ3n) is 9.01. The summed E-state index contributed by atoms with van der Waals surface area (Å²) in [6.07, 6.45) is 5.69. The maximum Gasteiger partial charge on any atom is 0.303 e. The molecule has 1 aliphatic carbocycles. The van der Waals surface area contributed by atoms with E-state index >= 15 is 0 Å². The quantitative estimate of drug-likeness (QED) is 0.102. The van der Waals surface area contributed by atoms with Crippen molar-refractivity contribution in [2.45, 2.75) is 58.0 Å². The number of methoxy groups -OCH3 is 1. The summed E-state index contributed by atoms with van der Waals surface area (Å²) >= 11 is 2.09. The molecular weight excluding hydrogens is 689 g/mol. The number of carboxylic acid groups (broad SMARTS) is 1. The fourth-order valence-corrected chi connectivity index (χ4v) is 7.47. The summed E-state index contributed by atoms with van der Waals surface area (Å²) in [5.41, 5.74) is 4.22. The fourth-order valence-electron chi connectivity index (χ4n) is 6.85. The summed E-state index contributed by atoms with van der Waals surface area (Å²) in [5.74, 6) is -0.865. The number of aromatic hydroxyl groups is 1. The minimum Gasteiger partial charge on any atom is -0.504 e. The van der Waals surface area contributed by atoms with Gasteiger partial charge in [-0.15, -0.1) is 0 Å². The lowest BCUT2D eigenvalue weighted by Gasteiger charge is -2.31. The van der Waals surface area contributed by atoms with Crippen molar-refractivity contribution in [3.05, 3.63) is 68.3 Å². The number of hydrogen-bond acceptors (Lipinski definition) is 7. The van der Waals surface area contributed by atoms with Crippen molar-refractivity contribution in [3.63, 3.8) is 0 Å². The molecule has 2 amide bonds. The van der Waals surface area contributed by atoms with Gasteiger partial charge in [0.15, 0.2) is 11.5 Å². The summed E-state index contributed by atoms with van der Waals surface area (Å²) in [6.45, 7) is 3.10. The van der Waals surface area contributed by atoms with E-state index in [0.29, 0.717) is 54.8 Å². The molecule has 0 saturated carbocycles. The highest BCUT2D eigenvalue weighted by Gasteiger charge is 2.56. The van der Waals surface area contributed by atoms with Crippen LogP contribution in [0.5, 0.6) is 17.2 Å². The van der Waals surface area contributed by atoms with E-state index in [-0.39, 0.29) is 36.0 Å². The molecule has 240 valence electrons. The molecule has 5 rings (SSSR count). The maximum atomic E-state index is 13.7. The number of benzene rings is 2. The molecule has 0 spiro atoms. The second-order valence-electron chi connectivity index (χ2n) is 12.0. The number of hydrogen-bond donors (Lipinski definition) is 2. The van der Waals surface area contributed by atoms with Crippen LogP contribution in [0.4, 0.5) is 0 Å². The largest absolute Gasteiger partial charge is 0.504 e. The molecule has 2 N–H and O–H groups in total. The Morgan fingerprint density at radius 2 is 1.87 bits per heavy atom. The van der Waals surface area contributed by atoms with E-state index in [1.54, 1.807) is 0 Å². The molecule has 2 heterocycles. The Morgan fingerprint density at radius 1 is 1.09 bits per heavy atom. The van der Waals surface area contributed by atoms with Gasteiger partial charge in [-0.1, -0.05) is 36.3 Å². The third kappa shape index (κ3) is 7.54. The zero-order valence-electron chi connectivity index (χ0n) is 25.7. The van der Waals surface area contributed by atoms with E-state index < -0.39 is 17.8 Å². The summed E-state index contributed by atoms with van der Waals surface area (Å²) in [5, 5.41) is 19.1. The Labute approximate surface area is 277 Å². The van der Waals surface area contributed by atoms with Crippen LogP contribution < -0.4 is 9.47 Å². The molecule has 4 atom stereocenters. The Kier molecular flexibility index (Phi) is 10.9. The molecule has 9 nitrogen and oxygen atoms in total. The number of rotatable bonds is 14. The maximum absolute atomic E-state index is 13.7. The van der Waals surface area contributed by atoms with Gasteiger partial charge < -0.3 is 24.4 Å². The standard InChI is InChI=1S/C35H40INO8/c1-21(15-22-16-27(36)33(40)29(17-22)43-2)12-13-28-31-23(19-44-24-9-5-3-6-10-24)18-25-32(26(31)20-45-28)35(42)37(34(25)41)14-8-4-7-11-30(38)39/h3,5-6,9-10,15-17,25-26,28,32,40H,4,7-8,11-14,18-20H2,1-2H3,(H,38,39)/b21-15+/t25-,26+,28-,32-/m1/s1. The van der Waals surface area contributed by atoms with E-state index in [0.717, 1.165) is 40.9 Å². The van der Waals surface area contributed by atoms with Crippen molar-refractivity contribution in [1.29, 1.82) is 0 Å². The lowest BCUT2D eigenvalue weighted by atomic mass is 9.69. The minimum absolute atomic E-state index is 0.0864. The number of imide groups is 1. The van der Waals surface area contributed by atoms with Crippen LogP contribution in [0.2, 0.25) is 0 Å². The average Bonchev–Trinajstić information content (AvgIpc) is 3.55. The summed E-state index contributed by atoms with van der Waals surface area (Å²) < 4.78 is 18.6. The zero-order chi connectivity index (χ0) is 32.1. The van der Waals surface area contributed by atoms with Crippen LogP contribution in [0, 0.1) is 21.3 Å². The average molecular weight is 730 g/mol. The van der Waals surface area contributed by atoms with E-state index in [1.807, 2.05) is 42.5 Å². The Hall–Kier alpha value is -3.38. The normalized spacial score (nSPS) is 22.9. The number of phenolic OH excluding ortho intramolecular Hbond substituents is 1. The predicted octanol–water partition coefficient (Wildman–Crippen LogP) is 6.23. The number of carboxylic acids is 1. The molecule has 10 heteroatoms. The lowest BCUT2D eigenvalue weighted by molar-refractivity contribution is -0.141. The van der Waals surface area contributed by atoms with Gasteiger partial charge in [0.1, 0.15) is 12.4 Å². The molecule has 0 aromatic heterocycles. The monoisotopic (exact) mass is 729 g/mol. The number of nitrogens with zero attached hydrogens (tertiary/aromatic N) is 1. The van der Waals surface area contributed by atoms with Gasteiger partial charge >= 0.3 is 5.97 Å². The number of fused-ring (bicyclic) bond motifs is 3. The number of carbonyl (C=O) groups excluding carboxylic acids is 2. The van der Waals surface area contributed by atoms with Gasteiger partial charge in [0.25, 0.3) is 0 Å². The zero-order valence-corrected chi connectivity index (χ0v) is 27.8. The molecule has 3 aliphatic rings. The van der Waals surface area contributed by atoms with E-state index in [4.69, 9.17) is 19.3 Å². The highest BCUT2D eigenvalue weighted by Crippen LogP contribution is 2.50. The number of aliphatic carboxylic acids is 1. The summed E-state index contributed by atoms with van der Waals surface area (Å²) in [7, 11) is 1.53. The van der Waals surface area contributed by atoms with Crippen LogP contribution in [-0.2, 0) is 19.1 Å². The fraction of sp³-hybridized carbons (Fsp3) is 0.457.